The number of carbonyl (C=O) groups is 3. The van der Waals surface area contributed by atoms with Crippen LogP contribution in [0.3, 0.4) is 0 Å². The van der Waals surface area contributed by atoms with Gasteiger partial charge >= 0.3 is 47.5 Å². The van der Waals surface area contributed by atoms with Crippen LogP contribution in [0.2, 0.25) is 0 Å². The number of esters is 2. The molecule has 0 radical (unpaired) electrons. The maximum atomic E-state index is 12.2. The Kier molecular flexibility index (Phi) is 26.3. The van der Waals surface area contributed by atoms with E-state index in [9.17, 15) is 27.4 Å². The van der Waals surface area contributed by atoms with Gasteiger partial charge in [-0.25, -0.2) is 0 Å². The Morgan fingerprint density at radius 1 is 0.829 bits per heavy atom. The Balaban J connectivity index is -0.000000567. The Bertz CT molecular complexity index is 674. The Hall–Kier alpha value is -0.680. The zero-order chi connectivity index (χ0) is 26.6. The van der Waals surface area contributed by atoms with Crippen LogP contribution < -0.4 is 29.6 Å². The van der Waals surface area contributed by atoms with Gasteiger partial charge in [-0.1, -0.05) is 73.1 Å². The molecule has 11 heteroatoms. The molecule has 0 spiro atoms. The van der Waals surface area contributed by atoms with E-state index in [4.69, 9.17) is 14.6 Å². The van der Waals surface area contributed by atoms with Gasteiger partial charge in [-0.15, -0.1) is 0 Å². The molecule has 3 atom stereocenters. The fourth-order valence-corrected chi connectivity index (χ4v) is 3.69. The summed E-state index contributed by atoms with van der Waals surface area (Å²) >= 11 is 0. The van der Waals surface area contributed by atoms with Gasteiger partial charge in [0.2, 0.25) is 0 Å². The molecular weight excluding hydrogens is 487 g/mol. The van der Waals surface area contributed by atoms with Gasteiger partial charge in [-0.3, -0.25) is 18.9 Å². The van der Waals surface area contributed by atoms with Crippen LogP contribution in [0, 0.1) is 11.8 Å². The quantitative estimate of drug-likeness (QED) is 0.153. The van der Waals surface area contributed by atoms with Crippen LogP contribution in [0.4, 0.5) is 0 Å². The SMILES string of the molecule is CCCC(=O)O.CCCCC(CC)COC(=O)CC(C(=O)OCC(CC)CCCC)S(=O)(=O)O.[H-].[Na+]. The maximum Gasteiger partial charge on any atom is 1.00 e. The minimum Gasteiger partial charge on any atom is -1.00 e. The van der Waals surface area contributed by atoms with Gasteiger partial charge in [0, 0.05) is 6.42 Å². The van der Waals surface area contributed by atoms with Crippen LogP contribution in [0.1, 0.15) is 107 Å². The minimum atomic E-state index is -4.76. The number of aliphatic carboxylic acids is 1. The Morgan fingerprint density at radius 2 is 1.29 bits per heavy atom. The number of rotatable bonds is 18. The van der Waals surface area contributed by atoms with Gasteiger partial charge in [0.1, 0.15) is 0 Å². The Morgan fingerprint density at radius 3 is 1.60 bits per heavy atom. The number of hydrogen-bond acceptors (Lipinski definition) is 7. The average Bonchev–Trinajstić information content (AvgIpc) is 2.77. The van der Waals surface area contributed by atoms with E-state index in [2.05, 4.69) is 13.8 Å². The third kappa shape index (κ3) is 22.3. The van der Waals surface area contributed by atoms with E-state index in [1.165, 1.54) is 0 Å². The second-order valence-electron chi connectivity index (χ2n) is 8.50. The van der Waals surface area contributed by atoms with Crippen molar-refractivity contribution in [2.45, 2.75) is 110 Å². The summed E-state index contributed by atoms with van der Waals surface area (Å²) in [5, 5.41) is 5.97. The van der Waals surface area contributed by atoms with E-state index >= 15 is 0 Å². The predicted octanol–water partition coefficient (Wildman–Crippen LogP) is 2.14. The number of carboxylic acids is 1. The van der Waals surface area contributed by atoms with Crippen LogP contribution >= 0.6 is 0 Å². The normalized spacial score (nSPS) is 13.3. The van der Waals surface area contributed by atoms with E-state index in [-0.39, 0.29) is 56.0 Å². The molecule has 0 amide bonds. The molecule has 204 valence electrons. The standard InChI is InChI=1S/C20H38O7S.C4H8O2.Na.H/c1-5-9-11-16(7-3)14-26-19(21)13-18(28(23,24)25)20(22)27-15-17(8-4)12-10-6-2;1-2-3-4(5)6;;/h16-18H,5-15H2,1-4H3,(H,23,24,25);2-3H2,1H3,(H,5,6);;/q;;+1;-1. The first-order chi connectivity index (χ1) is 16.0. The number of ether oxygens (including phenoxy) is 2. The smallest absolute Gasteiger partial charge is 1.00 e. The molecule has 0 aliphatic carbocycles. The summed E-state index contributed by atoms with van der Waals surface area (Å²) in [7, 11) is -4.76. The summed E-state index contributed by atoms with van der Waals surface area (Å²) in [6.07, 6.45) is 7.76. The first-order valence-corrected chi connectivity index (χ1v) is 14.0. The van der Waals surface area contributed by atoms with Crippen molar-refractivity contribution >= 4 is 28.0 Å². The maximum absolute atomic E-state index is 12.2. The number of unbranched alkanes of at least 4 members (excludes halogenated alkanes) is 2. The summed E-state index contributed by atoms with van der Waals surface area (Å²) < 4.78 is 42.8. The topological polar surface area (TPSA) is 144 Å². The first-order valence-electron chi connectivity index (χ1n) is 12.5. The summed E-state index contributed by atoms with van der Waals surface area (Å²) in [6, 6.07) is 0. The average molecular weight is 535 g/mol. The molecule has 0 aliphatic rings. The molecule has 0 heterocycles. The predicted molar refractivity (Wildman–Crippen MR) is 132 cm³/mol. The van der Waals surface area contributed by atoms with Gasteiger partial charge in [-0.05, 0) is 31.1 Å². The van der Waals surface area contributed by atoms with Crippen molar-refractivity contribution < 1.29 is 72.9 Å². The van der Waals surface area contributed by atoms with E-state index < -0.39 is 39.7 Å². The van der Waals surface area contributed by atoms with Crippen molar-refractivity contribution in [1.82, 2.24) is 0 Å². The third-order valence-corrected chi connectivity index (χ3v) is 6.54. The van der Waals surface area contributed by atoms with Crippen molar-refractivity contribution in [3.05, 3.63) is 0 Å². The summed E-state index contributed by atoms with van der Waals surface area (Å²) in [4.78, 5) is 33.8. The molecule has 0 aromatic heterocycles. The van der Waals surface area contributed by atoms with Crippen molar-refractivity contribution in [3.8, 4) is 0 Å². The van der Waals surface area contributed by atoms with Crippen molar-refractivity contribution in [2.75, 3.05) is 13.2 Å². The fourth-order valence-electron chi connectivity index (χ4n) is 3.03. The number of carbonyl (C=O) groups excluding carboxylic acids is 2. The number of carboxylic acid groups (broad SMARTS) is 1. The second-order valence-corrected chi connectivity index (χ2v) is 10.1. The minimum absolute atomic E-state index is 0. The summed E-state index contributed by atoms with van der Waals surface area (Å²) in [6.45, 7) is 10.2. The molecule has 0 bridgehead atoms. The molecule has 0 saturated heterocycles. The molecule has 35 heavy (non-hydrogen) atoms. The monoisotopic (exact) mass is 534 g/mol. The third-order valence-electron chi connectivity index (χ3n) is 5.47. The van der Waals surface area contributed by atoms with Crippen LogP contribution in [-0.2, 0) is 34.0 Å². The van der Waals surface area contributed by atoms with Gasteiger partial charge in [0.05, 0.1) is 19.6 Å². The van der Waals surface area contributed by atoms with E-state index in [1.54, 1.807) is 0 Å². The molecule has 0 fully saturated rings. The zero-order valence-corrected chi connectivity index (χ0v) is 25.4. The molecular formula is C24H47NaO9S. The van der Waals surface area contributed by atoms with Gasteiger partial charge in [0.15, 0.2) is 5.25 Å². The second kappa shape index (κ2) is 23.7. The molecule has 9 nitrogen and oxygen atoms in total. The fraction of sp³-hybridized carbons (Fsp3) is 0.875. The van der Waals surface area contributed by atoms with Crippen LogP contribution in [0.15, 0.2) is 0 Å². The van der Waals surface area contributed by atoms with Crippen LogP contribution in [0.25, 0.3) is 0 Å². The van der Waals surface area contributed by atoms with Gasteiger partial charge < -0.3 is 16.0 Å². The van der Waals surface area contributed by atoms with E-state index in [0.717, 1.165) is 57.8 Å². The van der Waals surface area contributed by atoms with Crippen LogP contribution in [0.5, 0.6) is 0 Å². The number of hydrogen-bond donors (Lipinski definition) is 2. The summed E-state index contributed by atoms with van der Waals surface area (Å²) in [5.41, 5.74) is 0. The molecule has 0 aliphatic heterocycles. The zero-order valence-electron chi connectivity index (χ0n) is 23.6. The molecule has 0 aromatic carbocycles. The van der Waals surface area contributed by atoms with Crippen LogP contribution in [-0.4, -0.2) is 54.4 Å². The largest absolute Gasteiger partial charge is 1.00 e. The van der Waals surface area contributed by atoms with Crippen molar-refractivity contribution in [2.24, 2.45) is 11.8 Å². The van der Waals surface area contributed by atoms with E-state index in [1.807, 2.05) is 20.8 Å². The Labute approximate surface area is 235 Å². The molecule has 0 aromatic rings. The summed E-state index contributed by atoms with van der Waals surface area (Å²) in [5.74, 6) is -2.32. The molecule has 3 unspecified atom stereocenters. The van der Waals surface area contributed by atoms with Gasteiger partial charge in [-0.2, -0.15) is 8.42 Å². The molecule has 2 N–H and O–H groups in total. The van der Waals surface area contributed by atoms with Crippen molar-refractivity contribution in [1.29, 1.82) is 0 Å². The van der Waals surface area contributed by atoms with Crippen molar-refractivity contribution in [3.63, 3.8) is 0 Å². The molecule has 0 rings (SSSR count). The first kappa shape index (κ1) is 38.8. The molecule has 0 saturated carbocycles. The van der Waals surface area contributed by atoms with E-state index in [0.29, 0.717) is 6.42 Å². The van der Waals surface area contributed by atoms with Gasteiger partial charge in [0.25, 0.3) is 10.1 Å².